The van der Waals surface area contributed by atoms with Gasteiger partial charge in [0, 0.05) is 31.9 Å². The van der Waals surface area contributed by atoms with Gasteiger partial charge in [-0.2, -0.15) is 23.5 Å². The maximum atomic E-state index is 13.0. The highest BCUT2D eigenvalue weighted by atomic mass is 19.4. The number of hydrogen-bond acceptors (Lipinski definition) is 5. The van der Waals surface area contributed by atoms with Gasteiger partial charge in [-0.3, -0.25) is 9.59 Å². The number of hydrogen-bond donors (Lipinski definition) is 0. The summed E-state index contributed by atoms with van der Waals surface area (Å²) in [6, 6.07) is 7.04. The van der Waals surface area contributed by atoms with E-state index in [-0.39, 0.29) is 18.0 Å². The predicted octanol–water partition coefficient (Wildman–Crippen LogP) is 2.61. The van der Waals surface area contributed by atoms with Crippen molar-refractivity contribution in [1.29, 1.82) is 5.26 Å². The van der Waals surface area contributed by atoms with Crippen molar-refractivity contribution in [3.05, 3.63) is 57.0 Å². The van der Waals surface area contributed by atoms with Gasteiger partial charge in [0.15, 0.2) is 0 Å². The lowest BCUT2D eigenvalue weighted by molar-refractivity contribution is -0.137. The number of alkyl halides is 3. The van der Waals surface area contributed by atoms with Crippen LogP contribution in [0.4, 0.5) is 18.9 Å². The van der Waals surface area contributed by atoms with Crippen LogP contribution in [0, 0.1) is 11.3 Å². The number of carbonyl (C=O) groups is 1. The number of carbonyl (C=O) groups excluding carboxylic acids is 1. The van der Waals surface area contributed by atoms with E-state index in [1.165, 1.54) is 6.07 Å². The molecule has 1 aliphatic heterocycles. The molecule has 0 N–H and O–H groups in total. The molecule has 7 nitrogen and oxygen atoms in total. The maximum Gasteiger partial charge on any atom is 0.416 e. The molecule has 0 spiro atoms. The van der Waals surface area contributed by atoms with E-state index in [0.29, 0.717) is 56.0 Å². The molecule has 170 valence electrons. The topological polar surface area (TPSA) is 82.2 Å². The van der Waals surface area contributed by atoms with Crippen molar-refractivity contribution < 1.29 is 18.0 Å². The van der Waals surface area contributed by atoms with Crippen molar-refractivity contribution in [3.63, 3.8) is 0 Å². The highest BCUT2D eigenvalue weighted by molar-refractivity contribution is 5.76. The van der Waals surface area contributed by atoms with Crippen LogP contribution in [0.5, 0.6) is 0 Å². The number of aryl methyl sites for hydroxylation is 1. The second-order valence-electron chi connectivity index (χ2n) is 7.50. The summed E-state index contributed by atoms with van der Waals surface area (Å²) < 4.78 is 40.0. The van der Waals surface area contributed by atoms with Crippen LogP contribution >= 0.6 is 0 Å². The van der Waals surface area contributed by atoms with Gasteiger partial charge in [0.25, 0.3) is 5.56 Å². The zero-order valence-corrected chi connectivity index (χ0v) is 17.9. The summed E-state index contributed by atoms with van der Waals surface area (Å²) in [4.78, 5) is 28.8. The number of amides is 1. The van der Waals surface area contributed by atoms with Crippen LogP contribution in [-0.2, 0) is 30.4 Å². The van der Waals surface area contributed by atoms with Crippen molar-refractivity contribution in [3.8, 4) is 6.07 Å². The van der Waals surface area contributed by atoms with Gasteiger partial charge in [0.1, 0.15) is 18.2 Å². The summed E-state index contributed by atoms with van der Waals surface area (Å²) in [6.07, 6.45) is -3.39. The normalized spacial score (nSPS) is 14.4. The quantitative estimate of drug-likeness (QED) is 0.704. The molecule has 1 saturated heterocycles. The Labute approximate surface area is 183 Å². The summed E-state index contributed by atoms with van der Waals surface area (Å²) in [6.45, 7) is 4.78. The number of benzene rings is 1. The molecule has 0 aliphatic carbocycles. The maximum absolute atomic E-state index is 13.0. The molecule has 0 unspecified atom stereocenters. The van der Waals surface area contributed by atoms with Gasteiger partial charge in [0.2, 0.25) is 5.91 Å². The zero-order valence-electron chi connectivity index (χ0n) is 17.9. The molecular formula is C22H24F3N5O2. The minimum Gasteiger partial charge on any atom is -0.368 e. The van der Waals surface area contributed by atoms with Crippen LogP contribution in [0.25, 0.3) is 0 Å². The lowest BCUT2D eigenvalue weighted by atomic mass is 10.0. The molecule has 0 atom stereocenters. The third-order valence-corrected chi connectivity index (χ3v) is 5.60. The molecule has 2 aromatic rings. The Morgan fingerprint density at radius 1 is 1.16 bits per heavy atom. The first kappa shape index (κ1) is 23.3. The van der Waals surface area contributed by atoms with E-state index in [2.05, 4.69) is 5.10 Å². The number of rotatable bonds is 5. The van der Waals surface area contributed by atoms with E-state index in [1.807, 2.05) is 19.9 Å². The van der Waals surface area contributed by atoms with E-state index >= 15 is 0 Å². The van der Waals surface area contributed by atoms with Crippen LogP contribution in [0.1, 0.15) is 36.2 Å². The molecule has 2 heterocycles. The Bertz CT molecular complexity index is 1100. The molecule has 1 aromatic carbocycles. The summed E-state index contributed by atoms with van der Waals surface area (Å²) in [7, 11) is 0. The first-order chi connectivity index (χ1) is 15.2. The Hall–Kier alpha value is -3.35. The lowest BCUT2D eigenvalue weighted by Crippen LogP contribution is -2.50. The van der Waals surface area contributed by atoms with E-state index in [1.54, 1.807) is 15.9 Å². The van der Waals surface area contributed by atoms with Crippen molar-refractivity contribution in [1.82, 2.24) is 14.7 Å². The van der Waals surface area contributed by atoms with Gasteiger partial charge in [-0.1, -0.05) is 19.9 Å². The van der Waals surface area contributed by atoms with Crippen LogP contribution in [-0.4, -0.2) is 46.8 Å². The largest absolute Gasteiger partial charge is 0.416 e. The number of halogens is 3. The lowest BCUT2D eigenvalue weighted by Gasteiger charge is -2.36. The fourth-order valence-corrected chi connectivity index (χ4v) is 3.86. The molecule has 10 heteroatoms. The van der Waals surface area contributed by atoms with Crippen LogP contribution in [0.15, 0.2) is 29.1 Å². The number of anilines is 1. The van der Waals surface area contributed by atoms with Crippen LogP contribution < -0.4 is 10.5 Å². The molecule has 1 aliphatic rings. The predicted molar refractivity (Wildman–Crippen MR) is 112 cm³/mol. The molecule has 0 saturated carbocycles. The highest BCUT2D eigenvalue weighted by Crippen LogP contribution is 2.31. The standard InChI is InChI=1S/C22H24F3N5O2/c1-3-17-18(13-26)21(32)30(27-19(17)4-2)14-20(31)29-10-8-28(9-11-29)16-7-5-6-15(12-16)22(23,24)25/h5-7,12H,3-4,8-11,14H2,1-2H3. The molecule has 32 heavy (non-hydrogen) atoms. The monoisotopic (exact) mass is 447 g/mol. The van der Waals surface area contributed by atoms with Gasteiger partial charge in [-0.15, -0.1) is 0 Å². The van der Waals surface area contributed by atoms with E-state index < -0.39 is 17.3 Å². The minimum absolute atomic E-state index is 0.0153. The van der Waals surface area contributed by atoms with E-state index in [9.17, 15) is 28.0 Å². The number of piperazine rings is 1. The second kappa shape index (κ2) is 9.42. The SMILES string of the molecule is CCc1nn(CC(=O)N2CCN(c3cccc(C(F)(F)F)c3)CC2)c(=O)c(C#N)c1CC. The van der Waals surface area contributed by atoms with Crippen molar-refractivity contribution in [2.24, 2.45) is 0 Å². The summed E-state index contributed by atoms with van der Waals surface area (Å²) in [5.74, 6) is -0.321. The number of nitrogens with zero attached hydrogens (tertiary/aromatic N) is 5. The minimum atomic E-state index is -4.42. The van der Waals surface area contributed by atoms with E-state index in [4.69, 9.17) is 0 Å². The Balaban J connectivity index is 1.71. The summed E-state index contributed by atoms with van der Waals surface area (Å²) in [5, 5.41) is 13.7. The fraction of sp³-hybridized carbons (Fsp3) is 0.455. The van der Waals surface area contributed by atoms with Gasteiger partial charge < -0.3 is 9.80 Å². The van der Waals surface area contributed by atoms with Crippen molar-refractivity contribution >= 4 is 11.6 Å². The average molecular weight is 447 g/mol. The Morgan fingerprint density at radius 3 is 2.41 bits per heavy atom. The third-order valence-electron chi connectivity index (χ3n) is 5.60. The molecular weight excluding hydrogens is 423 g/mol. The van der Waals surface area contributed by atoms with Crippen LogP contribution in [0.2, 0.25) is 0 Å². The Kier molecular flexibility index (Phi) is 6.87. The zero-order chi connectivity index (χ0) is 23.5. The molecule has 1 aromatic heterocycles. The molecule has 3 rings (SSSR count). The van der Waals surface area contributed by atoms with Gasteiger partial charge in [-0.05, 0) is 36.6 Å². The van der Waals surface area contributed by atoms with Crippen LogP contribution in [0.3, 0.4) is 0 Å². The molecule has 1 amide bonds. The summed E-state index contributed by atoms with van der Waals surface area (Å²) in [5.41, 5.74) is 0.393. The Morgan fingerprint density at radius 2 is 1.84 bits per heavy atom. The first-order valence-electron chi connectivity index (χ1n) is 10.4. The number of nitriles is 1. The smallest absolute Gasteiger partial charge is 0.368 e. The molecule has 0 bridgehead atoms. The fourth-order valence-electron chi connectivity index (χ4n) is 3.86. The van der Waals surface area contributed by atoms with Gasteiger partial charge >= 0.3 is 6.18 Å². The number of aromatic nitrogens is 2. The highest BCUT2D eigenvalue weighted by Gasteiger charge is 2.31. The first-order valence-corrected chi connectivity index (χ1v) is 10.4. The third kappa shape index (κ3) is 4.77. The van der Waals surface area contributed by atoms with Crippen molar-refractivity contribution in [2.75, 3.05) is 31.1 Å². The molecule has 1 fully saturated rings. The van der Waals surface area contributed by atoms with E-state index in [0.717, 1.165) is 16.8 Å². The average Bonchev–Trinajstić information content (AvgIpc) is 2.79. The van der Waals surface area contributed by atoms with Crippen molar-refractivity contribution in [2.45, 2.75) is 39.4 Å². The van der Waals surface area contributed by atoms with Gasteiger partial charge in [0.05, 0.1) is 11.3 Å². The second-order valence-corrected chi connectivity index (χ2v) is 7.50. The van der Waals surface area contributed by atoms with Gasteiger partial charge in [-0.25, -0.2) is 4.68 Å². The summed E-state index contributed by atoms with van der Waals surface area (Å²) >= 11 is 0. The molecule has 0 radical (unpaired) electrons.